The summed E-state index contributed by atoms with van der Waals surface area (Å²) in [4.78, 5) is 0. The smallest absolute Gasteiger partial charge is 0.0634 e. The summed E-state index contributed by atoms with van der Waals surface area (Å²) in [5.41, 5.74) is -0.0453. The van der Waals surface area contributed by atoms with E-state index in [1.165, 1.54) is 0 Å². The molecule has 3 heteroatoms. The maximum Gasteiger partial charge on any atom is 0.0634 e. The van der Waals surface area contributed by atoms with Gasteiger partial charge in [-0.1, -0.05) is 6.92 Å². The number of nitrogens with one attached hydrogen (secondary N) is 1. The highest BCUT2D eigenvalue weighted by Gasteiger charge is 2.14. The minimum Gasteiger partial charge on any atom is -0.393 e. The molecule has 1 atom stereocenters. The number of aliphatic hydroxyl groups is 1. The highest BCUT2D eigenvalue weighted by atomic mass is 16.5. The first-order valence-electron chi connectivity index (χ1n) is 5.45. The molecular weight excluding hydrogens is 178 g/mol. The maximum absolute atomic E-state index is 9.30. The Hall–Kier alpha value is -0.120. The Balaban J connectivity index is 3.30. The van der Waals surface area contributed by atoms with Gasteiger partial charge < -0.3 is 15.2 Å². The largest absolute Gasteiger partial charge is 0.393 e. The van der Waals surface area contributed by atoms with E-state index in [-0.39, 0.29) is 11.7 Å². The van der Waals surface area contributed by atoms with E-state index in [0.717, 1.165) is 32.4 Å². The molecule has 1 unspecified atom stereocenters. The van der Waals surface area contributed by atoms with Crippen LogP contribution in [0.5, 0.6) is 0 Å². The number of hydrogen-bond donors (Lipinski definition) is 2. The Labute approximate surface area is 87.8 Å². The molecule has 0 aromatic heterocycles. The quantitative estimate of drug-likeness (QED) is 0.588. The van der Waals surface area contributed by atoms with E-state index in [4.69, 9.17) is 4.74 Å². The van der Waals surface area contributed by atoms with Gasteiger partial charge in [-0.15, -0.1) is 0 Å². The van der Waals surface area contributed by atoms with Crippen molar-refractivity contribution in [2.24, 2.45) is 0 Å². The molecule has 0 aliphatic heterocycles. The van der Waals surface area contributed by atoms with Gasteiger partial charge in [0, 0.05) is 7.11 Å². The highest BCUT2D eigenvalue weighted by molar-refractivity contribution is 4.69. The van der Waals surface area contributed by atoms with Crippen molar-refractivity contribution in [1.29, 1.82) is 0 Å². The third kappa shape index (κ3) is 7.30. The highest BCUT2D eigenvalue weighted by Crippen LogP contribution is 2.11. The van der Waals surface area contributed by atoms with Crippen molar-refractivity contribution in [1.82, 2.24) is 5.32 Å². The summed E-state index contributed by atoms with van der Waals surface area (Å²) < 4.78 is 5.30. The molecule has 0 amide bonds. The average Bonchev–Trinajstić information content (AvgIpc) is 2.17. The second kappa shape index (κ2) is 7.21. The van der Waals surface area contributed by atoms with Crippen molar-refractivity contribution in [3.63, 3.8) is 0 Å². The van der Waals surface area contributed by atoms with Crippen LogP contribution in [0.4, 0.5) is 0 Å². The molecule has 0 radical (unpaired) electrons. The van der Waals surface area contributed by atoms with Crippen molar-refractivity contribution in [3.8, 4) is 0 Å². The molecule has 0 saturated heterocycles. The van der Waals surface area contributed by atoms with Crippen LogP contribution in [-0.2, 0) is 4.74 Å². The van der Waals surface area contributed by atoms with Gasteiger partial charge in [0.15, 0.2) is 0 Å². The first kappa shape index (κ1) is 13.9. The standard InChI is InChI=1S/C11H25NO2/c1-5-10(13)6-8-12-9-7-11(2,3)14-4/h10,12-13H,5-9H2,1-4H3. The van der Waals surface area contributed by atoms with Crippen LogP contribution in [0.15, 0.2) is 0 Å². The van der Waals surface area contributed by atoms with Gasteiger partial charge in [0.2, 0.25) is 0 Å². The fraction of sp³-hybridized carbons (Fsp3) is 1.00. The molecule has 2 N–H and O–H groups in total. The van der Waals surface area contributed by atoms with Crippen molar-refractivity contribution in [2.45, 2.75) is 51.7 Å². The van der Waals surface area contributed by atoms with E-state index in [1.807, 2.05) is 6.92 Å². The molecule has 0 rings (SSSR count). The molecule has 14 heavy (non-hydrogen) atoms. The average molecular weight is 203 g/mol. The Morgan fingerprint density at radius 1 is 1.36 bits per heavy atom. The molecule has 0 aliphatic rings. The Morgan fingerprint density at radius 3 is 2.50 bits per heavy atom. The molecule has 0 saturated carbocycles. The normalized spacial score (nSPS) is 14.4. The molecule has 0 aromatic rings. The zero-order valence-electron chi connectivity index (χ0n) is 9.97. The van der Waals surface area contributed by atoms with Gasteiger partial charge >= 0.3 is 0 Å². The summed E-state index contributed by atoms with van der Waals surface area (Å²) >= 11 is 0. The predicted molar refractivity (Wildman–Crippen MR) is 59.5 cm³/mol. The Morgan fingerprint density at radius 2 is 2.00 bits per heavy atom. The number of methoxy groups -OCH3 is 1. The van der Waals surface area contributed by atoms with E-state index in [1.54, 1.807) is 7.11 Å². The van der Waals surface area contributed by atoms with Crippen LogP contribution >= 0.6 is 0 Å². The van der Waals surface area contributed by atoms with Gasteiger partial charge in [0.1, 0.15) is 0 Å². The summed E-state index contributed by atoms with van der Waals surface area (Å²) in [5.74, 6) is 0. The van der Waals surface area contributed by atoms with Crippen molar-refractivity contribution in [2.75, 3.05) is 20.2 Å². The molecular formula is C11H25NO2. The lowest BCUT2D eigenvalue weighted by Crippen LogP contribution is -2.30. The summed E-state index contributed by atoms with van der Waals surface area (Å²) in [5, 5.41) is 12.6. The molecule has 86 valence electrons. The van der Waals surface area contributed by atoms with Gasteiger partial charge in [0.05, 0.1) is 11.7 Å². The Bertz CT molecular complexity index is 137. The van der Waals surface area contributed by atoms with Crippen LogP contribution in [-0.4, -0.2) is 37.0 Å². The van der Waals surface area contributed by atoms with Crippen LogP contribution in [0.1, 0.15) is 40.0 Å². The SMILES string of the molecule is CCC(O)CCNCCC(C)(C)OC. The van der Waals surface area contributed by atoms with Crippen LogP contribution in [0.2, 0.25) is 0 Å². The van der Waals surface area contributed by atoms with Crippen LogP contribution in [0, 0.1) is 0 Å². The van der Waals surface area contributed by atoms with Gasteiger partial charge in [-0.2, -0.15) is 0 Å². The second-order valence-corrected chi connectivity index (χ2v) is 4.31. The zero-order valence-corrected chi connectivity index (χ0v) is 9.97. The summed E-state index contributed by atoms with van der Waals surface area (Å²) in [6.07, 6.45) is 2.51. The van der Waals surface area contributed by atoms with Crippen molar-refractivity contribution in [3.05, 3.63) is 0 Å². The Kier molecular flexibility index (Phi) is 7.15. The third-order valence-electron chi connectivity index (χ3n) is 2.58. The van der Waals surface area contributed by atoms with E-state index < -0.39 is 0 Å². The molecule has 0 fully saturated rings. The lowest BCUT2D eigenvalue weighted by molar-refractivity contribution is 0.0157. The minimum atomic E-state index is -0.155. The molecule has 3 nitrogen and oxygen atoms in total. The first-order chi connectivity index (χ1) is 6.52. The summed E-state index contributed by atoms with van der Waals surface area (Å²) in [6.45, 7) is 7.98. The molecule has 0 bridgehead atoms. The third-order valence-corrected chi connectivity index (χ3v) is 2.58. The lowest BCUT2D eigenvalue weighted by Gasteiger charge is -2.22. The van der Waals surface area contributed by atoms with E-state index in [0.29, 0.717) is 0 Å². The van der Waals surface area contributed by atoms with E-state index in [9.17, 15) is 5.11 Å². The fourth-order valence-corrected chi connectivity index (χ4v) is 1.09. The number of aliphatic hydroxyl groups excluding tert-OH is 1. The van der Waals surface area contributed by atoms with Gasteiger partial charge in [-0.3, -0.25) is 0 Å². The van der Waals surface area contributed by atoms with E-state index >= 15 is 0 Å². The monoisotopic (exact) mass is 203 g/mol. The number of rotatable bonds is 8. The van der Waals surface area contributed by atoms with Crippen molar-refractivity contribution < 1.29 is 9.84 Å². The minimum absolute atomic E-state index is 0.0453. The van der Waals surface area contributed by atoms with Gasteiger partial charge in [0.25, 0.3) is 0 Å². The summed E-state index contributed by atoms with van der Waals surface area (Å²) in [7, 11) is 1.74. The lowest BCUT2D eigenvalue weighted by atomic mass is 10.1. The maximum atomic E-state index is 9.30. The topological polar surface area (TPSA) is 41.5 Å². The molecule has 0 spiro atoms. The molecule has 0 heterocycles. The van der Waals surface area contributed by atoms with Gasteiger partial charge in [-0.05, 0) is 46.2 Å². The van der Waals surface area contributed by atoms with E-state index in [2.05, 4.69) is 19.2 Å². The van der Waals surface area contributed by atoms with Crippen molar-refractivity contribution >= 4 is 0 Å². The van der Waals surface area contributed by atoms with Gasteiger partial charge in [-0.25, -0.2) is 0 Å². The predicted octanol–water partition coefficient (Wildman–Crippen LogP) is 1.55. The number of ether oxygens (including phenoxy) is 1. The van der Waals surface area contributed by atoms with Crippen LogP contribution in [0.3, 0.4) is 0 Å². The molecule has 0 aromatic carbocycles. The number of hydrogen-bond acceptors (Lipinski definition) is 3. The van der Waals surface area contributed by atoms with Crippen LogP contribution in [0.25, 0.3) is 0 Å². The zero-order chi connectivity index (χ0) is 11.0. The fourth-order valence-electron chi connectivity index (χ4n) is 1.09. The van der Waals surface area contributed by atoms with Crippen LogP contribution < -0.4 is 5.32 Å². The second-order valence-electron chi connectivity index (χ2n) is 4.31. The molecule has 0 aliphatic carbocycles. The summed E-state index contributed by atoms with van der Waals surface area (Å²) in [6, 6.07) is 0. The first-order valence-corrected chi connectivity index (χ1v) is 5.45.